The molecule has 0 fully saturated rings. The second-order valence-electron chi connectivity index (χ2n) is 7.52. The number of imidazole rings is 1. The van der Waals surface area contributed by atoms with Crippen molar-refractivity contribution in [1.82, 2.24) is 19.5 Å². The molecule has 0 saturated heterocycles. The number of aryl methyl sites for hydroxylation is 1. The molecule has 2 aromatic carbocycles. The smallest absolute Gasteiger partial charge is 0.229 e. The molecule has 1 N–H and O–H groups in total. The fourth-order valence-electron chi connectivity index (χ4n) is 3.40. The first kappa shape index (κ1) is 22.1. The molecule has 0 bridgehead atoms. The summed E-state index contributed by atoms with van der Waals surface area (Å²) in [6, 6.07) is 15.2. The zero-order valence-corrected chi connectivity index (χ0v) is 19.9. The Morgan fingerprint density at radius 1 is 1.09 bits per heavy atom. The predicted octanol–water partition coefficient (Wildman–Crippen LogP) is 4.14. The van der Waals surface area contributed by atoms with Crippen molar-refractivity contribution in [3.63, 3.8) is 0 Å². The minimum absolute atomic E-state index is 0.0170. The van der Waals surface area contributed by atoms with Gasteiger partial charge in [0.25, 0.3) is 0 Å². The molecule has 0 aliphatic rings. The summed E-state index contributed by atoms with van der Waals surface area (Å²) in [6.45, 7) is 0. The lowest BCUT2D eigenvalue weighted by Crippen LogP contribution is -2.12. The topological polar surface area (TPSA) is 93.0 Å². The number of hydrogen-bond acceptors (Lipinski definition) is 8. The molecule has 166 valence electrons. The van der Waals surface area contributed by atoms with Crippen LogP contribution in [0, 0.1) is 0 Å². The molecule has 10 heteroatoms. The van der Waals surface area contributed by atoms with Gasteiger partial charge in [-0.3, -0.25) is 0 Å². The van der Waals surface area contributed by atoms with E-state index in [0.29, 0.717) is 5.95 Å². The quantitative estimate of drug-likeness (QED) is 0.405. The van der Waals surface area contributed by atoms with E-state index in [1.54, 1.807) is 30.1 Å². The number of hydrogen-bond donors (Lipinski definition) is 1. The summed E-state index contributed by atoms with van der Waals surface area (Å²) in [5.41, 5.74) is 4.50. The average molecular weight is 469 g/mol. The summed E-state index contributed by atoms with van der Waals surface area (Å²) in [5, 5.41) is 4.14. The Hall–Kier alpha value is -3.11. The van der Waals surface area contributed by atoms with E-state index in [-0.39, 0.29) is 5.75 Å². The zero-order valence-electron chi connectivity index (χ0n) is 18.3. The molecule has 8 nitrogen and oxygen atoms in total. The monoisotopic (exact) mass is 468 g/mol. The van der Waals surface area contributed by atoms with Crippen LogP contribution in [0.2, 0.25) is 0 Å². The highest BCUT2D eigenvalue weighted by molar-refractivity contribution is 7.98. The Kier molecular flexibility index (Phi) is 6.07. The van der Waals surface area contributed by atoms with Crippen LogP contribution in [0.15, 0.2) is 59.9 Å². The van der Waals surface area contributed by atoms with Crippen LogP contribution in [0.25, 0.3) is 11.0 Å². The first-order valence-corrected chi connectivity index (χ1v) is 13.1. The fraction of sp³-hybridized carbons (Fsp3) is 0.227. The summed E-state index contributed by atoms with van der Waals surface area (Å²) in [5.74, 6) is 1.20. The van der Waals surface area contributed by atoms with Crippen LogP contribution in [-0.4, -0.2) is 47.5 Å². The average Bonchev–Trinajstić information content (AvgIpc) is 3.09. The van der Waals surface area contributed by atoms with Crippen molar-refractivity contribution in [2.24, 2.45) is 7.05 Å². The van der Waals surface area contributed by atoms with Gasteiger partial charge in [0.1, 0.15) is 5.82 Å². The maximum absolute atomic E-state index is 11.5. The van der Waals surface area contributed by atoms with Gasteiger partial charge in [-0.1, -0.05) is 23.9 Å². The van der Waals surface area contributed by atoms with Gasteiger partial charge >= 0.3 is 0 Å². The van der Waals surface area contributed by atoms with Crippen molar-refractivity contribution in [2.75, 3.05) is 29.8 Å². The molecule has 0 radical (unpaired) electrons. The number of thioether (sulfide) groups is 1. The molecule has 0 aliphatic heterocycles. The number of nitrogens with one attached hydrogen (secondary N) is 1. The highest BCUT2D eigenvalue weighted by Gasteiger charge is 2.12. The molecule has 0 spiro atoms. The number of rotatable bonds is 7. The zero-order chi connectivity index (χ0) is 22.9. The predicted molar refractivity (Wildman–Crippen MR) is 131 cm³/mol. The molecular formula is C22H24N6O2S2. The second kappa shape index (κ2) is 8.79. The van der Waals surface area contributed by atoms with Gasteiger partial charge in [0, 0.05) is 37.9 Å². The Labute approximate surface area is 191 Å². The summed E-state index contributed by atoms with van der Waals surface area (Å²) in [7, 11) is 0.900. The van der Waals surface area contributed by atoms with Crippen molar-refractivity contribution in [3.05, 3.63) is 60.3 Å². The van der Waals surface area contributed by atoms with Gasteiger partial charge in [0.2, 0.25) is 5.95 Å². The lowest BCUT2D eigenvalue weighted by Gasteiger charge is -2.19. The van der Waals surface area contributed by atoms with Gasteiger partial charge in [0.15, 0.2) is 15.0 Å². The Bertz CT molecular complexity index is 1370. The van der Waals surface area contributed by atoms with Crippen LogP contribution in [0.3, 0.4) is 0 Å². The summed E-state index contributed by atoms with van der Waals surface area (Å²) in [6.07, 6.45) is 4.94. The minimum Gasteiger partial charge on any atom is -0.329 e. The van der Waals surface area contributed by atoms with E-state index in [1.807, 2.05) is 55.6 Å². The molecule has 0 amide bonds. The van der Waals surface area contributed by atoms with Crippen LogP contribution in [-0.2, 0) is 22.6 Å². The first-order valence-electron chi connectivity index (χ1n) is 9.84. The van der Waals surface area contributed by atoms with Gasteiger partial charge in [-0.05, 0) is 48.2 Å². The van der Waals surface area contributed by atoms with E-state index < -0.39 is 9.84 Å². The van der Waals surface area contributed by atoms with Crippen LogP contribution >= 0.6 is 11.8 Å². The maximum atomic E-state index is 11.5. The van der Waals surface area contributed by atoms with E-state index in [4.69, 9.17) is 0 Å². The first-order chi connectivity index (χ1) is 15.2. The summed E-state index contributed by atoms with van der Waals surface area (Å²) < 4.78 is 25.0. The van der Waals surface area contributed by atoms with E-state index in [2.05, 4.69) is 30.9 Å². The molecule has 2 aromatic heterocycles. The summed E-state index contributed by atoms with van der Waals surface area (Å²) >= 11 is 1.62. The third kappa shape index (κ3) is 4.86. The number of benzene rings is 2. The minimum atomic E-state index is -3.06. The Balaban J connectivity index is 1.54. The number of fused-ring (bicyclic) bond motifs is 1. The highest BCUT2D eigenvalue weighted by Crippen LogP contribution is 2.28. The highest BCUT2D eigenvalue weighted by atomic mass is 32.2. The largest absolute Gasteiger partial charge is 0.329 e. The third-order valence-electron chi connectivity index (χ3n) is 5.02. The molecule has 0 atom stereocenters. The van der Waals surface area contributed by atoms with Crippen molar-refractivity contribution < 1.29 is 8.42 Å². The molecule has 32 heavy (non-hydrogen) atoms. The van der Waals surface area contributed by atoms with E-state index in [9.17, 15) is 8.42 Å². The molecule has 0 unspecified atom stereocenters. The number of sulfone groups is 1. The molecular weight excluding hydrogens is 444 g/mol. The summed E-state index contributed by atoms with van der Waals surface area (Å²) in [4.78, 5) is 15.6. The van der Waals surface area contributed by atoms with Gasteiger partial charge in [-0.25, -0.2) is 18.4 Å². The fourth-order valence-corrected chi connectivity index (χ4v) is 4.76. The van der Waals surface area contributed by atoms with Crippen molar-refractivity contribution in [2.45, 2.75) is 10.9 Å². The number of anilines is 4. The molecule has 4 rings (SSSR count). The van der Waals surface area contributed by atoms with E-state index >= 15 is 0 Å². The molecule has 4 aromatic rings. The van der Waals surface area contributed by atoms with Gasteiger partial charge in [0.05, 0.1) is 16.8 Å². The molecule has 2 heterocycles. The van der Waals surface area contributed by atoms with Gasteiger partial charge in [-0.15, -0.1) is 0 Å². The Morgan fingerprint density at radius 2 is 1.84 bits per heavy atom. The second-order valence-corrected chi connectivity index (χ2v) is 10.4. The lowest BCUT2D eigenvalue weighted by atomic mass is 10.2. The SMILES string of the molecule is CSc1nc2cc(N(C)c3ccnc(Nc4ccc(CS(C)(=O)=O)cc4)n3)ccc2n1C. The van der Waals surface area contributed by atoms with Crippen molar-refractivity contribution in [1.29, 1.82) is 0 Å². The standard InChI is InChI=1S/C22H24N6O2S2/c1-27(17-9-10-19-18(13-17)25-22(31-3)28(19)2)20-11-12-23-21(26-20)24-16-7-5-15(6-8-16)14-32(4,29)30/h5-13H,14H2,1-4H3,(H,23,24,26). The normalized spacial score (nSPS) is 11.6. The maximum Gasteiger partial charge on any atom is 0.229 e. The van der Waals surface area contributed by atoms with Crippen LogP contribution in [0.5, 0.6) is 0 Å². The van der Waals surface area contributed by atoms with Crippen LogP contribution in [0.4, 0.5) is 23.1 Å². The van der Waals surface area contributed by atoms with Gasteiger partial charge < -0.3 is 14.8 Å². The van der Waals surface area contributed by atoms with Crippen LogP contribution in [0.1, 0.15) is 5.56 Å². The van der Waals surface area contributed by atoms with Crippen molar-refractivity contribution in [3.8, 4) is 0 Å². The van der Waals surface area contributed by atoms with Crippen LogP contribution < -0.4 is 10.2 Å². The molecule has 0 saturated carbocycles. The van der Waals surface area contributed by atoms with Gasteiger partial charge in [-0.2, -0.15) is 4.98 Å². The number of aromatic nitrogens is 4. The molecule has 0 aliphatic carbocycles. The van der Waals surface area contributed by atoms with E-state index in [0.717, 1.165) is 38.9 Å². The number of nitrogens with zero attached hydrogens (tertiary/aromatic N) is 5. The lowest BCUT2D eigenvalue weighted by molar-refractivity contribution is 0.601. The Morgan fingerprint density at radius 3 is 2.53 bits per heavy atom. The third-order valence-corrected chi connectivity index (χ3v) is 6.60. The van der Waals surface area contributed by atoms with Crippen molar-refractivity contribution >= 4 is 55.8 Å². The van der Waals surface area contributed by atoms with E-state index in [1.165, 1.54) is 6.26 Å².